The van der Waals surface area contributed by atoms with E-state index in [1.807, 2.05) is 0 Å². The maximum atomic E-state index is 11.5. The maximum Gasteiger partial charge on any atom is 0.145 e. The highest BCUT2D eigenvalue weighted by molar-refractivity contribution is 7.10. The number of nitrogens with one attached hydrogen (secondary N) is 1. The number of carbonyl (C=O) groups is 1. The van der Waals surface area contributed by atoms with Gasteiger partial charge in [-0.1, -0.05) is 11.6 Å². The molecule has 0 spiro atoms. The Labute approximate surface area is 85.1 Å². The van der Waals surface area contributed by atoms with E-state index in [1.54, 1.807) is 5.38 Å². The number of carbonyl (C=O) groups excluding carboxylic acids is 1. The van der Waals surface area contributed by atoms with E-state index in [4.69, 9.17) is 11.6 Å². The minimum Gasteiger partial charge on any atom is -0.315 e. The van der Waals surface area contributed by atoms with Gasteiger partial charge < -0.3 is 5.32 Å². The number of nitrogens with zero attached hydrogens (tertiary/aromatic N) is 1. The molecule has 1 aliphatic rings. The van der Waals surface area contributed by atoms with Gasteiger partial charge in [-0.2, -0.15) is 0 Å². The number of hydrogen-bond donors (Lipinski definition) is 1. The Morgan fingerprint density at radius 1 is 1.69 bits per heavy atom. The second-order valence-corrected chi connectivity index (χ2v) is 4.26. The van der Waals surface area contributed by atoms with Crippen LogP contribution in [-0.2, 0) is 4.79 Å². The van der Waals surface area contributed by atoms with Crippen LogP contribution in [0.1, 0.15) is 17.3 Å². The zero-order chi connectivity index (χ0) is 9.26. The monoisotopic (exact) mass is 216 g/mol. The Morgan fingerprint density at radius 2 is 2.54 bits per heavy atom. The molecule has 1 aromatic heterocycles. The fraction of sp³-hybridized carbons (Fsp3) is 0.500. The fourth-order valence-corrected chi connectivity index (χ4v) is 2.47. The average molecular weight is 217 g/mol. The third-order valence-electron chi connectivity index (χ3n) is 2.08. The fourth-order valence-electron chi connectivity index (χ4n) is 1.40. The minimum absolute atomic E-state index is 0.0775. The average Bonchev–Trinajstić information content (AvgIpc) is 2.53. The highest BCUT2D eigenvalue weighted by atomic mass is 35.5. The van der Waals surface area contributed by atoms with Crippen LogP contribution < -0.4 is 5.32 Å². The molecule has 1 fully saturated rings. The number of Topliss-reactive ketones (excluding diaryl/α,β-unsaturated/α-hetero) is 1. The second kappa shape index (κ2) is 3.74. The highest BCUT2D eigenvalue weighted by Gasteiger charge is 2.25. The molecule has 0 bridgehead atoms. The predicted molar refractivity (Wildman–Crippen MR) is 52.4 cm³/mol. The molecule has 3 nitrogen and oxygen atoms in total. The lowest BCUT2D eigenvalue weighted by molar-refractivity contribution is -0.121. The van der Waals surface area contributed by atoms with E-state index >= 15 is 0 Å². The van der Waals surface area contributed by atoms with Crippen LogP contribution in [0.5, 0.6) is 0 Å². The molecular weight excluding hydrogens is 208 g/mol. The summed E-state index contributed by atoms with van der Waals surface area (Å²) in [5, 5.41) is 6.26. The summed E-state index contributed by atoms with van der Waals surface area (Å²) < 4.78 is 0. The molecule has 13 heavy (non-hydrogen) atoms. The molecule has 0 aromatic carbocycles. The molecule has 0 amide bonds. The Kier molecular flexibility index (Phi) is 2.62. The number of thiazole rings is 1. The van der Waals surface area contributed by atoms with E-state index in [9.17, 15) is 4.79 Å². The van der Waals surface area contributed by atoms with Gasteiger partial charge in [0.15, 0.2) is 0 Å². The van der Waals surface area contributed by atoms with E-state index in [2.05, 4.69) is 10.3 Å². The van der Waals surface area contributed by atoms with Gasteiger partial charge in [-0.15, -0.1) is 11.3 Å². The number of rotatable bonds is 1. The van der Waals surface area contributed by atoms with Crippen LogP contribution in [-0.4, -0.2) is 23.9 Å². The van der Waals surface area contributed by atoms with E-state index in [1.165, 1.54) is 11.3 Å². The van der Waals surface area contributed by atoms with Crippen LogP contribution in [0.4, 0.5) is 0 Å². The van der Waals surface area contributed by atoms with E-state index in [0.29, 0.717) is 18.1 Å². The summed E-state index contributed by atoms with van der Waals surface area (Å²) in [4.78, 5) is 15.6. The third-order valence-corrected chi connectivity index (χ3v) is 3.36. The second-order valence-electron chi connectivity index (χ2n) is 2.98. The SMILES string of the molecule is O=C1CCNCC1c1nc(Cl)cs1. The summed E-state index contributed by atoms with van der Waals surface area (Å²) in [6, 6.07) is 0. The van der Waals surface area contributed by atoms with Crippen molar-refractivity contribution in [2.75, 3.05) is 13.1 Å². The van der Waals surface area contributed by atoms with Gasteiger partial charge >= 0.3 is 0 Å². The number of piperidine rings is 1. The zero-order valence-corrected chi connectivity index (χ0v) is 8.49. The molecule has 70 valence electrons. The van der Waals surface area contributed by atoms with Crippen LogP contribution in [0.25, 0.3) is 0 Å². The van der Waals surface area contributed by atoms with Crippen molar-refractivity contribution in [3.8, 4) is 0 Å². The first-order chi connectivity index (χ1) is 6.27. The van der Waals surface area contributed by atoms with Crippen molar-refractivity contribution in [2.24, 2.45) is 0 Å². The Hall–Kier alpha value is -0.450. The van der Waals surface area contributed by atoms with Gasteiger partial charge in [-0.05, 0) is 0 Å². The molecule has 1 aliphatic heterocycles. The number of halogens is 1. The van der Waals surface area contributed by atoms with Crippen LogP contribution in [0.15, 0.2) is 5.38 Å². The molecule has 0 radical (unpaired) electrons. The minimum atomic E-state index is -0.0775. The summed E-state index contributed by atoms with van der Waals surface area (Å²) in [5.41, 5.74) is 0. The molecule has 1 aromatic rings. The third kappa shape index (κ3) is 1.90. The Bertz CT molecular complexity index is 326. The van der Waals surface area contributed by atoms with Crippen molar-refractivity contribution >= 4 is 28.7 Å². The molecule has 2 heterocycles. The predicted octanol–water partition coefficient (Wildman–Crippen LogP) is 1.44. The van der Waals surface area contributed by atoms with Crippen molar-refractivity contribution in [3.63, 3.8) is 0 Å². The van der Waals surface area contributed by atoms with Crippen LogP contribution in [0.2, 0.25) is 5.15 Å². The summed E-state index contributed by atoms with van der Waals surface area (Å²) >= 11 is 7.15. The first kappa shape index (κ1) is 9.12. The number of hydrogen-bond acceptors (Lipinski definition) is 4. The van der Waals surface area contributed by atoms with Gasteiger partial charge in [-0.3, -0.25) is 4.79 Å². The van der Waals surface area contributed by atoms with Crippen molar-refractivity contribution in [2.45, 2.75) is 12.3 Å². The Morgan fingerprint density at radius 3 is 3.15 bits per heavy atom. The molecule has 1 N–H and O–H groups in total. The quantitative estimate of drug-likeness (QED) is 0.773. The number of aromatic nitrogens is 1. The first-order valence-corrected chi connectivity index (χ1v) is 5.37. The highest BCUT2D eigenvalue weighted by Crippen LogP contribution is 2.25. The summed E-state index contributed by atoms with van der Waals surface area (Å²) in [7, 11) is 0. The molecule has 1 atom stereocenters. The molecule has 1 unspecified atom stereocenters. The molecule has 0 saturated carbocycles. The van der Waals surface area contributed by atoms with Gasteiger partial charge in [0, 0.05) is 24.9 Å². The van der Waals surface area contributed by atoms with Gasteiger partial charge in [0.2, 0.25) is 0 Å². The van der Waals surface area contributed by atoms with Crippen LogP contribution >= 0.6 is 22.9 Å². The lowest BCUT2D eigenvalue weighted by atomic mass is 9.99. The Balaban J connectivity index is 2.19. The van der Waals surface area contributed by atoms with Crippen molar-refractivity contribution in [1.29, 1.82) is 0 Å². The van der Waals surface area contributed by atoms with Gasteiger partial charge in [-0.25, -0.2) is 4.98 Å². The molecule has 2 rings (SSSR count). The van der Waals surface area contributed by atoms with E-state index in [-0.39, 0.29) is 11.7 Å². The summed E-state index contributed by atoms with van der Waals surface area (Å²) in [6.45, 7) is 1.48. The lowest BCUT2D eigenvalue weighted by Crippen LogP contribution is -2.35. The normalized spacial score (nSPS) is 23.5. The van der Waals surface area contributed by atoms with Gasteiger partial charge in [0.1, 0.15) is 15.9 Å². The molecule has 1 saturated heterocycles. The summed E-state index contributed by atoms with van der Waals surface area (Å²) in [5.74, 6) is 0.191. The van der Waals surface area contributed by atoms with Crippen LogP contribution in [0.3, 0.4) is 0 Å². The molecule has 5 heteroatoms. The topological polar surface area (TPSA) is 42.0 Å². The summed E-state index contributed by atoms with van der Waals surface area (Å²) in [6.07, 6.45) is 0.599. The van der Waals surface area contributed by atoms with Crippen molar-refractivity contribution in [1.82, 2.24) is 10.3 Å². The lowest BCUT2D eigenvalue weighted by Gasteiger charge is -2.19. The standard InChI is InChI=1S/C8H9ClN2OS/c9-7-4-13-8(11-7)5-3-10-2-1-6(5)12/h4-5,10H,1-3H2. The van der Waals surface area contributed by atoms with Gasteiger partial charge in [0.05, 0.1) is 5.92 Å². The number of ketones is 1. The van der Waals surface area contributed by atoms with Crippen LogP contribution in [0, 0.1) is 0 Å². The zero-order valence-electron chi connectivity index (χ0n) is 6.92. The molecule has 0 aliphatic carbocycles. The smallest absolute Gasteiger partial charge is 0.145 e. The van der Waals surface area contributed by atoms with Crippen molar-refractivity contribution < 1.29 is 4.79 Å². The van der Waals surface area contributed by atoms with Crippen molar-refractivity contribution in [3.05, 3.63) is 15.5 Å². The van der Waals surface area contributed by atoms with Gasteiger partial charge in [0.25, 0.3) is 0 Å². The van der Waals surface area contributed by atoms with E-state index < -0.39 is 0 Å². The largest absolute Gasteiger partial charge is 0.315 e. The molecular formula is C8H9ClN2OS. The first-order valence-electron chi connectivity index (χ1n) is 4.12. The maximum absolute atomic E-state index is 11.5. The van der Waals surface area contributed by atoms with E-state index in [0.717, 1.165) is 11.6 Å².